The molecule has 0 unspecified atom stereocenters. The number of hydrogen-bond acceptors (Lipinski definition) is 3. The molecule has 1 heterocycles. The standard InChI is InChI=1S/C10H10FN3O2S/c11-9-4-2-1-3-8(9)5-14-17(15,16)10-6-12-7-13-10/h1-4,6-7,14H,5H2,(H,12,13). The van der Waals surface area contributed by atoms with Gasteiger partial charge in [0.2, 0.25) is 0 Å². The molecular weight excluding hydrogens is 245 g/mol. The fourth-order valence-corrected chi connectivity index (χ4v) is 2.19. The molecule has 0 aliphatic heterocycles. The van der Waals surface area contributed by atoms with Gasteiger partial charge in [-0.2, -0.15) is 0 Å². The Morgan fingerprint density at radius 3 is 2.76 bits per heavy atom. The summed E-state index contributed by atoms with van der Waals surface area (Å²) in [6.45, 7) is -0.103. The van der Waals surface area contributed by atoms with E-state index in [9.17, 15) is 12.8 Å². The van der Waals surface area contributed by atoms with Gasteiger partial charge in [0.15, 0.2) is 5.03 Å². The minimum atomic E-state index is -3.67. The van der Waals surface area contributed by atoms with E-state index in [0.29, 0.717) is 0 Å². The molecule has 0 bridgehead atoms. The van der Waals surface area contributed by atoms with Crippen LogP contribution in [0.5, 0.6) is 0 Å². The van der Waals surface area contributed by atoms with E-state index >= 15 is 0 Å². The molecule has 1 aromatic carbocycles. The summed E-state index contributed by atoms with van der Waals surface area (Å²) >= 11 is 0. The van der Waals surface area contributed by atoms with Crippen LogP contribution < -0.4 is 4.72 Å². The van der Waals surface area contributed by atoms with Crippen molar-refractivity contribution in [3.05, 3.63) is 48.2 Å². The zero-order valence-electron chi connectivity index (χ0n) is 8.72. The van der Waals surface area contributed by atoms with Crippen molar-refractivity contribution in [1.29, 1.82) is 0 Å². The average molecular weight is 255 g/mol. The summed E-state index contributed by atoms with van der Waals surface area (Å²) in [4.78, 5) is 6.09. The molecule has 0 spiro atoms. The zero-order valence-corrected chi connectivity index (χ0v) is 9.54. The Bertz CT molecular complexity index is 596. The molecule has 0 amide bonds. The van der Waals surface area contributed by atoms with Crippen molar-refractivity contribution in [2.45, 2.75) is 11.6 Å². The van der Waals surface area contributed by atoms with Crippen molar-refractivity contribution in [3.8, 4) is 0 Å². The van der Waals surface area contributed by atoms with E-state index in [1.807, 2.05) is 0 Å². The van der Waals surface area contributed by atoms with Gasteiger partial charge < -0.3 is 4.98 Å². The third-order valence-corrected chi connectivity index (χ3v) is 3.50. The molecule has 0 saturated heterocycles. The highest BCUT2D eigenvalue weighted by Gasteiger charge is 2.15. The zero-order chi connectivity index (χ0) is 12.3. The highest BCUT2D eigenvalue weighted by atomic mass is 32.2. The van der Waals surface area contributed by atoms with Gasteiger partial charge in [-0.05, 0) is 6.07 Å². The summed E-state index contributed by atoms with van der Waals surface area (Å²) in [5, 5.41) is -0.0474. The fraction of sp³-hybridized carbons (Fsp3) is 0.100. The number of nitrogens with zero attached hydrogens (tertiary/aromatic N) is 1. The average Bonchev–Trinajstić information content (AvgIpc) is 2.82. The first kappa shape index (κ1) is 11.7. The lowest BCUT2D eigenvalue weighted by Crippen LogP contribution is -2.24. The number of aromatic amines is 1. The number of sulfonamides is 1. The van der Waals surface area contributed by atoms with Crippen molar-refractivity contribution in [3.63, 3.8) is 0 Å². The summed E-state index contributed by atoms with van der Waals surface area (Å²) in [5.41, 5.74) is 0.288. The first-order valence-corrected chi connectivity index (χ1v) is 6.29. The molecule has 2 rings (SSSR count). The van der Waals surface area contributed by atoms with Gasteiger partial charge in [0, 0.05) is 12.1 Å². The normalized spacial score (nSPS) is 11.6. The Kier molecular flexibility index (Phi) is 3.21. The van der Waals surface area contributed by atoms with Crippen LogP contribution in [0.25, 0.3) is 0 Å². The maximum absolute atomic E-state index is 13.3. The minimum Gasteiger partial charge on any atom is -0.335 e. The number of hydrogen-bond donors (Lipinski definition) is 2. The van der Waals surface area contributed by atoms with Gasteiger partial charge in [0.1, 0.15) is 5.82 Å². The lowest BCUT2D eigenvalue weighted by molar-refractivity contribution is 0.571. The second kappa shape index (κ2) is 4.64. The number of rotatable bonds is 4. The molecule has 17 heavy (non-hydrogen) atoms. The van der Waals surface area contributed by atoms with Crippen LogP contribution in [-0.2, 0) is 16.6 Å². The molecular formula is C10H10FN3O2S. The van der Waals surface area contributed by atoms with Gasteiger partial charge in [-0.15, -0.1) is 0 Å². The third kappa shape index (κ3) is 2.69. The molecule has 1 aromatic heterocycles. The SMILES string of the molecule is O=S(=O)(NCc1ccccc1F)c1cnc[nH]1. The fourth-order valence-electron chi connectivity index (χ4n) is 1.28. The summed E-state index contributed by atoms with van der Waals surface area (Å²) in [6, 6.07) is 5.98. The predicted octanol–water partition coefficient (Wildman–Crippen LogP) is 1.03. The first-order valence-electron chi connectivity index (χ1n) is 4.81. The smallest absolute Gasteiger partial charge is 0.257 e. The van der Waals surface area contributed by atoms with Gasteiger partial charge in [-0.3, -0.25) is 0 Å². The second-order valence-corrected chi connectivity index (χ2v) is 5.07. The molecule has 0 aliphatic rings. The predicted molar refractivity (Wildman–Crippen MR) is 59.0 cm³/mol. The van der Waals surface area contributed by atoms with Crippen LogP contribution in [0.3, 0.4) is 0 Å². The van der Waals surface area contributed by atoms with Crippen LogP contribution in [0, 0.1) is 5.82 Å². The van der Waals surface area contributed by atoms with E-state index in [0.717, 1.165) is 0 Å². The van der Waals surface area contributed by atoms with Crippen LogP contribution in [0.2, 0.25) is 0 Å². The summed E-state index contributed by atoms with van der Waals surface area (Å²) in [7, 11) is -3.67. The van der Waals surface area contributed by atoms with Crippen molar-refractivity contribution in [2.75, 3.05) is 0 Å². The quantitative estimate of drug-likeness (QED) is 0.856. The molecule has 0 fully saturated rings. The van der Waals surface area contributed by atoms with Crippen molar-refractivity contribution >= 4 is 10.0 Å². The number of halogens is 1. The second-order valence-electron chi connectivity index (χ2n) is 3.33. The molecule has 2 N–H and O–H groups in total. The molecule has 90 valence electrons. The van der Waals surface area contributed by atoms with Crippen molar-refractivity contribution in [1.82, 2.24) is 14.7 Å². The lowest BCUT2D eigenvalue weighted by atomic mass is 10.2. The van der Waals surface area contributed by atoms with E-state index < -0.39 is 15.8 Å². The number of benzene rings is 1. The van der Waals surface area contributed by atoms with Gasteiger partial charge in [-0.1, -0.05) is 18.2 Å². The molecule has 7 heteroatoms. The molecule has 0 aliphatic carbocycles. The van der Waals surface area contributed by atoms with E-state index in [-0.39, 0.29) is 17.1 Å². The molecule has 5 nitrogen and oxygen atoms in total. The molecule has 2 aromatic rings. The summed E-state index contributed by atoms with van der Waals surface area (Å²) in [5.74, 6) is -0.445. The largest absolute Gasteiger partial charge is 0.335 e. The molecule has 0 radical (unpaired) electrons. The van der Waals surface area contributed by atoms with Gasteiger partial charge in [0.05, 0.1) is 12.5 Å². The Hall–Kier alpha value is -1.73. The van der Waals surface area contributed by atoms with E-state index in [2.05, 4.69) is 14.7 Å². The van der Waals surface area contributed by atoms with Crippen molar-refractivity contribution < 1.29 is 12.8 Å². The minimum absolute atomic E-state index is 0.0474. The number of nitrogens with one attached hydrogen (secondary N) is 2. The highest BCUT2D eigenvalue weighted by Crippen LogP contribution is 2.08. The number of aromatic nitrogens is 2. The summed E-state index contributed by atoms with van der Waals surface area (Å²) in [6.07, 6.45) is 2.45. The Morgan fingerprint density at radius 1 is 1.35 bits per heavy atom. The first-order chi connectivity index (χ1) is 8.09. The van der Waals surface area contributed by atoms with Gasteiger partial charge in [-0.25, -0.2) is 22.5 Å². The van der Waals surface area contributed by atoms with Crippen LogP contribution >= 0.6 is 0 Å². The molecule has 0 atom stereocenters. The van der Waals surface area contributed by atoms with E-state index in [1.165, 1.54) is 24.7 Å². The Morgan fingerprint density at radius 2 is 2.12 bits per heavy atom. The topological polar surface area (TPSA) is 74.8 Å². The maximum atomic E-state index is 13.3. The van der Waals surface area contributed by atoms with Crippen LogP contribution in [-0.4, -0.2) is 18.4 Å². The Labute approximate surface area is 97.8 Å². The highest BCUT2D eigenvalue weighted by molar-refractivity contribution is 7.89. The Balaban J connectivity index is 2.12. The van der Waals surface area contributed by atoms with E-state index in [4.69, 9.17) is 0 Å². The lowest BCUT2D eigenvalue weighted by Gasteiger charge is -2.05. The van der Waals surface area contributed by atoms with Crippen molar-refractivity contribution in [2.24, 2.45) is 0 Å². The van der Waals surface area contributed by atoms with Crippen LogP contribution in [0.15, 0.2) is 41.8 Å². The monoisotopic (exact) mass is 255 g/mol. The molecule has 0 saturated carbocycles. The van der Waals surface area contributed by atoms with Crippen LogP contribution in [0.4, 0.5) is 4.39 Å². The third-order valence-electron chi connectivity index (χ3n) is 2.17. The summed E-state index contributed by atoms with van der Waals surface area (Å²) < 4.78 is 38.9. The number of H-pyrrole nitrogens is 1. The maximum Gasteiger partial charge on any atom is 0.257 e. The van der Waals surface area contributed by atoms with E-state index in [1.54, 1.807) is 12.1 Å². The number of imidazole rings is 1. The van der Waals surface area contributed by atoms with Crippen LogP contribution in [0.1, 0.15) is 5.56 Å². The van der Waals surface area contributed by atoms with Gasteiger partial charge in [0.25, 0.3) is 10.0 Å². The van der Waals surface area contributed by atoms with Gasteiger partial charge >= 0.3 is 0 Å².